The van der Waals surface area contributed by atoms with Gasteiger partial charge in [0.2, 0.25) is 5.91 Å². The molecule has 2 fully saturated rings. The van der Waals surface area contributed by atoms with Crippen molar-refractivity contribution in [2.45, 2.75) is 71.3 Å². The second-order valence-corrected chi connectivity index (χ2v) is 10.3. The van der Waals surface area contributed by atoms with Gasteiger partial charge in [-0.3, -0.25) is 4.79 Å². The summed E-state index contributed by atoms with van der Waals surface area (Å²) in [6.07, 6.45) is 11.8. The molecular formula is C25H39N7O. The minimum absolute atomic E-state index is 0.104. The van der Waals surface area contributed by atoms with Crippen molar-refractivity contribution in [1.82, 2.24) is 29.7 Å². The Bertz CT molecular complexity index is 950. The minimum Gasteiger partial charge on any atom is -0.356 e. The third-order valence-electron chi connectivity index (χ3n) is 7.73. The molecule has 1 N–H and O–H groups in total. The molecule has 33 heavy (non-hydrogen) atoms. The number of rotatable bonds is 6. The van der Waals surface area contributed by atoms with E-state index in [2.05, 4.69) is 36.6 Å². The fraction of sp³-hybridized carbons (Fsp3) is 0.760. The zero-order valence-electron chi connectivity index (χ0n) is 20.1. The molecule has 3 aliphatic rings. The molecule has 2 aromatic rings. The topological polar surface area (TPSA) is 79.2 Å². The lowest BCUT2D eigenvalue weighted by molar-refractivity contribution is -0.125. The number of amides is 1. The monoisotopic (exact) mass is 453 g/mol. The fourth-order valence-electron chi connectivity index (χ4n) is 5.86. The molecule has 1 atom stereocenters. The molecule has 0 bridgehead atoms. The first kappa shape index (κ1) is 22.6. The molecule has 0 aliphatic carbocycles. The lowest BCUT2D eigenvalue weighted by atomic mass is 9.96. The van der Waals surface area contributed by atoms with E-state index in [9.17, 15) is 4.79 Å². The summed E-state index contributed by atoms with van der Waals surface area (Å²) in [6.45, 7) is 9.35. The van der Waals surface area contributed by atoms with Crippen molar-refractivity contribution in [2.75, 3.05) is 44.2 Å². The normalized spacial score (nSPS) is 22.8. The molecule has 0 spiro atoms. The smallest absolute Gasteiger partial charge is 0.223 e. The van der Waals surface area contributed by atoms with Gasteiger partial charge < -0.3 is 19.7 Å². The summed E-state index contributed by atoms with van der Waals surface area (Å²) >= 11 is 0. The predicted molar refractivity (Wildman–Crippen MR) is 130 cm³/mol. The van der Waals surface area contributed by atoms with Crippen molar-refractivity contribution in [2.24, 2.45) is 11.8 Å². The number of nitrogens with zero attached hydrogens (tertiary/aromatic N) is 6. The van der Waals surface area contributed by atoms with Crippen LogP contribution in [0, 0.1) is 11.8 Å². The average Bonchev–Trinajstić information content (AvgIpc) is 3.02. The van der Waals surface area contributed by atoms with Crippen LogP contribution in [0.25, 0.3) is 11.2 Å². The summed E-state index contributed by atoms with van der Waals surface area (Å²) in [5, 5.41) is 3.20. The highest BCUT2D eigenvalue weighted by atomic mass is 16.1. The van der Waals surface area contributed by atoms with Crippen molar-refractivity contribution in [1.29, 1.82) is 0 Å². The van der Waals surface area contributed by atoms with E-state index in [0.29, 0.717) is 0 Å². The Morgan fingerprint density at radius 1 is 1.06 bits per heavy atom. The van der Waals surface area contributed by atoms with Gasteiger partial charge in [0.25, 0.3) is 0 Å². The number of hydrogen-bond donors (Lipinski definition) is 1. The van der Waals surface area contributed by atoms with Gasteiger partial charge in [-0.05, 0) is 64.0 Å². The molecule has 5 heterocycles. The molecule has 8 heteroatoms. The van der Waals surface area contributed by atoms with Crippen molar-refractivity contribution in [3.8, 4) is 0 Å². The number of fused-ring (bicyclic) bond motifs is 3. The highest BCUT2D eigenvalue weighted by molar-refractivity contribution is 5.84. The van der Waals surface area contributed by atoms with Crippen LogP contribution in [-0.4, -0.2) is 69.6 Å². The summed E-state index contributed by atoms with van der Waals surface area (Å²) in [5.74, 6) is 3.23. The molecule has 3 aliphatic heterocycles. The van der Waals surface area contributed by atoms with Crippen molar-refractivity contribution in [3.63, 3.8) is 0 Å². The van der Waals surface area contributed by atoms with E-state index < -0.39 is 0 Å². The van der Waals surface area contributed by atoms with Crippen molar-refractivity contribution < 1.29 is 4.79 Å². The number of likely N-dealkylation sites (tertiary alicyclic amines) is 1. The van der Waals surface area contributed by atoms with Crippen LogP contribution in [0.3, 0.4) is 0 Å². The van der Waals surface area contributed by atoms with Crippen LogP contribution in [-0.2, 0) is 17.8 Å². The van der Waals surface area contributed by atoms with Crippen LogP contribution in [0.2, 0.25) is 0 Å². The van der Waals surface area contributed by atoms with Gasteiger partial charge in [0, 0.05) is 45.1 Å². The highest BCUT2D eigenvalue weighted by Crippen LogP contribution is 2.29. The van der Waals surface area contributed by atoms with E-state index in [4.69, 9.17) is 4.98 Å². The predicted octanol–water partition coefficient (Wildman–Crippen LogP) is 3.01. The molecular weight excluding hydrogens is 414 g/mol. The summed E-state index contributed by atoms with van der Waals surface area (Å²) in [7, 11) is 0. The molecule has 2 saturated heterocycles. The van der Waals surface area contributed by atoms with Gasteiger partial charge in [0.15, 0.2) is 17.0 Å². The Hall–Kier alpha value is -2.22. The standard InChI is InChI=1S/C25H39N7O/c1-19-7-5-12-30(17-19)13-6-11-26-25(33)20-9-15-31(16-10-20)23-22-24(28-18-27-23)32-14-4-2-3-8-21(32)29-22/h18-20H,2-17H2,1H3,(H,26,33)/t19-/m0/s1. The van der Waals surface area contributed by atoms with Gasteiger partial charge in [-0.15, -0.1) is 0 Å². The lowest BCUT2D eigenvalue weighted by Crippen LogP contribution is -2.42. The number of aryl methyl sites for hydroxylation is 2. The maximum Gasteiger partial charge on any atom is 0.223 e. The molecule has 0 unspecified atom stereocenters. The number of piperidine rings is 2. The van der Waals surface area contributed by atoms with E-state index in [0.717, 1.165) is 87.1 Å². The highest BCUT2D eigenvalue weighted by Gasteiger charge is 2.28. The molecule has 0 saturated carbocycles. The van der Waals surface area contributed by atoms with Crippen LogP contribution < -0.4 is 10.2 Å². The molecule has 5 rings (SSSR count). The van der Waals surface area contributed by atoms with Crippen LogP contribution in [0.4, 0.5) is 5.82 Å². The van der Waals surface area contributed by atoms with Gasteiger partial charge in [0.1, 0.15) is 12.2 Å². The minimum atomic E-state index is 0.104. The van der Waals surface area contributed by atoms with Crippen molar-refractivity contribution in [3.05, 3.63) is 12.2 Å². The number of hydrogen-bond acceptors (Lipinski definition) is 6. The Kier molecular flexibility index (Phi) is 7.09. The third-order valence-corrected chi connectivity index (χ3v) is 7.73. The Morgan fingerprint density at radius 3 is 2.79 bits per heavy atom. The summed E-state index contributed by atoms with van der Waals surface area (Å²) < 4.78 is 2.29. The van der Waals surface area contributed by atoms with Crippen LogP contribution in [0.15, 0.2) is 6.33 Å². The number of nitrogens with one attached hydrogen (secondary N) is 1. The first-order valence-corrected chi connectivity index (χ1v) is 13.1. The first-order chi connectivity index (χ1) is 16.2. The zero-order chi connectivity index (χ0) is 22.6. The van der Waals surface area contributed by atoms with Crippen LogP contribution in [0.1, 0.15) is 64.1 Å². The quantitative estimate of drug-likeness (QED) is 0.678. The van der Waals surface area contributed by atoms with Gasteiger partial charge in [-0.1, -0.05) is 13.3 Å². The number of aromatic nitrogens is 4. The van der Waals surface area contributed by atoms with Gasteiger partial charge in [0.05, 0.1) is 0 Å². The van der Waals surface area contributed by atoms with Crippen LogP contribution in [0.5, 0.6) is 0 Å². The number of anilines is 1. The SMILES string of the molecule is C[C@H]1CCCN(CCCNC(=O)C2CCN(c3ncnc4c3nc3n4CCCCC3)CC2)C1. The van der Waals surface area contributed by atoms with E-state index in [-0.39, 0.29) is 11.8 Å². The Labute approximate surface area is 197 Å². The maximum absolute atomic E-state index is 12.7. The number of carbonyl (C=O) groups excluding carboxylic acids is 1. The largest absolute Gasteiger partial charge is 0.356 e. The van der Waals surface area contributed by atoms with E-state index >= 15 is 0 Å². The molecule has 2 aromatic heterocycles. The van der Waals surface area contributed by atoms with E-state index in [1.807, 2.05) is 0 Å². The second kappa shape index (κ2) is 10.4. The molecule has 0 aromatic carbocycles. The molecule has 180 valence electrons. The van der Waals surface area contributed by atoms with Crippen molar-refractivity contribution >= 4 is 22.9 Å². The van der Waals surface area contributed by atoms with Crippen LogP contribution >= 0.6 is 0 Å². The van der Waals surface area contributed by atoms with Gasteiger partial charge in [-0.2, -0.15) is 0 Å². The Morgan fingerprint density at radius 2 is 1.94 bits per heavy atom. The summed E-state index contributed by atoms with van der Waals surface area (Å²) in [6, 6.07) is 0. The summed E-state index contributed by atoms with van der Waals surface area (Å²) in [5.41, 5.74) is 1.91. The lowest BCUT2D eigenvalue weighted by Gasteiger charge is -2.32. The Balaban J connectivity index is 1.12. The zero-order valence-corrected chi connectivity index (χ0v) is 20.1. The second-order valence-electron chi connectivity index (χ2n) is 10.3. The van der Waals surface area contributed by atoms with E-state index in [1.165, 1.54) is 45.2 Å². The average molecular weight is 454 g/mol. The number of carbonyl (C=O) groups is 1. The molecule has 1 amide bonds. The van der Waals surface area contributed by atoms with Gasteiger partial charge >= 0.3 is 0 Å². The van der Waals surface area contributed by atoms with Gasteiger partial charge in [-0.25, -0.2) is 15.0 Å². The molecule has 0 radical (unpaired) electrons. The summed E-state index contributed by atoms with van der Waals surface area (Å²) in [4.78, 5) is 31.7. The maximum atomic E-state index is 12.7. The fourth-order valence-corrected chi connectivity index (χ4v) is 5.86. The molecule has 8 nitrogen and oxygen atoms in total. The third kappa shape index (κ3) is 5.15. The van der Waals surface area contributed by atoms with E-state index in [1.54, 1.807) is 6.33 Å². The first-order valence-electron chi connectivity index (χ1n) is 13.1. The number of imidazole rings is 1.